The summed E-state index contributed by atoms with van der Waals surface area (Å²) in [5.74, 6) is 0.594. The van der Waals surface area contributed by atoms with Crippen LogP contribution in [0.2, 0.25) is 5.15 Å². The second-order valence-corrected chi connectivity index (χ2v) is 3.69. The summed E-state index contributed by atoms with van der Waals surface area (Å²) in [4.78, 5) is 6.14. The van der Waals surface area contributed by atoms with E-state index >= 15 is 0 Å². The van der Waals surface area contributed by atoms with E-state index in [9.17, 15) is 0 Å². The van der Waals surface area contributed by atoms with Gasteiger partial charge < -0.3 is 9.64 Å². The number of pyridine rings is 1. The maximum absolute atomic E-state index is 5.71. The van der Waals surface area contributed by atoms with E-state index in [2.05, 4.69) is 9.88 Å². The lowest BCUT2D eigenvalue weighted by atomic mass is 10.4. The van der Waals surface area contributed by atoms with Gasteiger partial charge in [-0.2, -0.15) is 0 Å². The first-order valence-electron chi connectivity index (χ1n) is 4.58. The van der Waals surface area contributed by atoms with E-state index in [0.717, 1.165) is 13.0 Å². The zero-order chi connectivity index (χ0) is 10.4. The molecule has 0 radical (unpaired) electrons. The molecule has 0 saturated heterocycles. The fourth-order valence-corrected chi connectivity index (χ4v) is 1.18. The Morgan fingerprint density at radius 2 is 2.21 bits per heavy atom. The highest BCUT2D eigenvalue weighted by atomic mass is 35.5. The number of ether oxygens (including phenoxy) is 1. The summed E-state index contributed by atoms with van der Waals surface area (Å²) >= 11 is 5.71. The number of hydrogen-bond donors (Lipinski definition) is 0. The van der Waals surface area contributed by atoms with E-state index in [-0.39, 0.29) is 0 Å². The molecular formula is C10H15ClN2O. The number of rotatable bonds is 5. The lowest BCUT2D eigenvalue weighted by molar-refractivity contribution is 0.273. The molecule has 1 aromatic rings. The average molecular weight is 215 g/mol. The zero-order valence-electron chi connectivity index (χ0n) is 8.53. The smallest absolute Gasteiger partial charge is 0.214 e. The van der Waals surface area contributed by atoms with Crippen molar-refractivity contribution < 1.29 is 4.74 Å². The minimum atomic E-state index is 0.468. The van der Waals surface area contributed by atoms with Gasteiger partial charge in [0.1, 0.15) is 5.15 Å². The average Bonchev–Trinajstić information content (AvgIpc) is 2.12. The molecule has 4 heteroatoms. The van der Waals surface area contributed by atoms with Gasteiger partial charge in [0.25, 0.3) is 0 Å². The third-order valence-electron chi connectivity index (χ3n) is 1.69. The fourth-order valence-electron chi connectivity index (χ4n) is 1.03. The zero-order valence-corrected chi connectivity index (χ0v) is 9.29. The Morgan fingerprint density at radius 1 is 1.43 bits per heavy atom. The highest BCUT2D eigenvalue weighted by Crippen LogP contribution is 2.11. The molecule has 1 aromatic heterocycles. The van der Waals surface area contributed by atoms with Crippen LogP contribution in [-0.2, 0) is 0 Å². The van der Waals surface area contributed by atoms with Crippen molar-refractivity contribution in [3.8, 4) is 5.88 Å². The van der Waals surface area contributed by atoms with Crippen molar-refractivity contribution in [3.63, 3.8) is 0 Å². The van der Waals surface area contributed by atoms with Gasteiger partial charge >= 0.3 is 0 Å². The number of halogens is 1. The lowest BCUT2D eigenvalue weighted by Crippen LogP contribution is -2.15. The summed E-state index contributed by atoms with van der Waals surface area (Å²) in [6, 6.07) is 5.37. The van der Waals surface area contributed by atoms with Crippen LogP contribution in [0.25, 0.3) is 0 Å². The molecule has 14 heavy (non-hydrogen) atoms. The summed E-state index contributed by atoms with van der Waals surface area (Å²) < 4.78 is 5.42. The minimum absolute atomic E-state index is 0.468. The number of hydrogen-bond acceptors (Lipinski definition) is 3. The molecule has 0 atom stereocenters. The molecule has 0 amide bonds. The Balaban J connectivity index is 2.25. The second kappa shape index (κ2) is 5.83. The molecule has 3 nitrogen and oxygen atoms in total. The van der Waals surface area contributed by atoms with Crippen molar-refractivity contribution in [3.05, 3.63) is 23.4 Å². The van der Waals surface area contributed by atoms with Crippen LogP contribution in [0.1, 0.15) is 6.42 Å². The predicted molar refractivity (Wildman–Crippen MR) is 57.9 cm³/mol. The quantitative estimate of drug-likeness (QED) is 0.554. The van der Waals surface area contributed by atoms with Crippen LogP contribution in [-0.4, -0.2) is 37.1 Å². The first-order chi connectivity index (χ1) is 6.68. The van der Waals surface area contributed by atoms with Crippen LogP contribution in [0.15, 0.2) is 18.2 Å². The Bertz CT molecular complexity index is 279. The SMILES string of the molecule is CN(C)CCCOc1cccc(Cl)n1. The van der Waals surface area contributed by atoms with Gasteiger partial charge in [-0.3, -0.25) is 0 Å². The Morgan fingerprint density at radius 3 is 2.86 bits per heavy atom. The lowest BCUT2D eigenvalue weighted by Gasteiger charge is -2.09. The van der Waals surface area contributed by atoms with Crippen molar-refractivity contribution in [2.75, 3.05) is 27.2 Å². The standard InChI is InChI=1S/C10H15ClN2O/c1-13(2)7-4-8-14-10-6-3-5-9(11)12-10/h3,5-6H,4,7-8H2,1-2H3. The fraction of sp³-hybridized carbons (Fsp3) is 0.500. The number of aromatic nitrogens is 1. The molecule has 0 saturated carbocycles. The van der Waals surface area contributed by atoms with Crippen molar-refractivity contribution in [1.82, 2.24) is 9.88 Å². The van der Waals surface area contributed by atoms with Gasteiger partial charge in [-0.25, -0.2) is 4.98 Å². The van der Waals surface area contributed by atoms with Crippen LogP contribution in [0.5, 0.6) is 5.88 Å². The summed E-state index contributed by atoms with van der Waals surface area (Å²) in [6.45, 7) is 1.69. The molecule has 1 rings (SSSR count). The van der Waals surface area contributed by atoms with Crippen LogP contribution in [0.3, 0.4) is 0 Å². The maximum atomic E-state index is 5.71. The molecule has 0 bridgehead atoms. The Hall–Kier alpha value is -0.800. The summed E-state index contributed by atoms with van der Waals surface area (Å²) in [5.41, 5.74) is 0. The molecule has 0 aliphatic heterocycles. The first-order valence-corrected chi connectivity index (χ1v) is 4.96. The highest BCUT2D eigenvalue weighted by Gasteiger charge is 1.96. The van der Waals surface area contributed by atoms with E-state index in [4.69, 9.17) is 16.3 Å². The molecule has 78 valence electrons. The van der Waals surface area contributed by atoms with Gasteiger partial charge in [-0.05, 0) is 26.6 Å². The van der Waals surface area contributed by atoms with Gasteiger partial charge in [0.2, 0.25) is 5.88 Å². The van der Waals surface area contributed by atoms with Gasteiger partial charge in [0.15, 0.2) is 0 Å². The van der Waals surface area contributed by atoms with Crippen molar-refractivity contribution in [1.29, 1.82) is 0 Å². The van der Waals surface area contributed by atoms with E-state index < -0.39 is 0 Å². The largest absolute Gasteiger partial charge is 0.478 e. The Labute approximate surface area is 89.7 Å². The van der Waals surface area contributed by atoms with Crippen molar-refractivity contribution in [2.45, 2.75) is 6.42 Å². The maximum Gasteiger partial charge on any atom is 0.214 e. The van der Waals surface area contributed by atoms with Crippen LogP contribution in [0.4, 0.5) is 0 Å². The third kappa shape index (κ3) is 4.44. The molecule has 0 spiro atoms. The predicted octanol–water partition coefficient (Wildman–Crippen LogP) is 2.07. The normalized spacial score (nSPS) is 10.6. The Kier molecular flexibility index (Phi) is 4.70. The minimum Gasteiger partial charge on any atom is -0.478 e. The van der Waals surface area contributed by atoms with Crippen LogP contribution in [0, 0.1) is 0 Å². The molecule has 0 N–H and O–H groups in total. The molecule has 1 heterocycles. The molecular weight excluding hydrogens is 200 g/mol. The van der Waals surface area contributed by atoms with Crippen molar-refractivity contribution >= 4 is 11.6 Å². The molecule has 0 aliphatic rings. The van der Waals surface area contributed by atoms with Crippen LogP contribution >= 0.6 is 11.6 Å². The van der Waals surface area contributed by atoms with Crippen LogP contribution < -0.4 is 4.74 Å². The van der Waals surface area contributed by atoms with Gasteiger partial charge in [-0.1, -0.05) is 17.7 Å². The third-order valence-corrected chi connectivity index (χ3v) is 1.90. The highest BCUT2D eigenvalue weighted by molar-refractivity contribution is 6.29. The molecule has 0 fully saturated rings. The van der Waals surface area contributed by atoms with Gasteiger partial charge in [0.05, 0.1) is 6.61 Å². The summed E-state index contributed by atoms with van der Waals surface area (Å²) in [7, 11) is 4.08. The van der Waals surface area contributed by atoms with E-state index in [0.29, 0.717) is 17.6 Å². The van der Waals surface area contributed by atoms with E-state index in [1.54, 1.807) is 6.07 Å². The molecule has 0 aliphatic carbocycles. The van der Waals surface area contributed by atoms with E-state index in [1.165, 1.54) is 0 Å². The molecule has 0 unspecified atom stereocenters. The van der Waals surface area contributed by atoms with E-state index in [1.807, 2.05) is 26.2 Å². The monoisotopic (exact) mass is 214 g/mol. The summed E-state index contributed by atoms with van der Waals surface area (Å²) in [6.07, 6.45) is 0.987. The first kappa shape index (κ1) is 11.3. The topological polar surface area (TPSA) is 25.4 Å². The second-order valence-electron chi connectivity index (χ2n) is 3.30. The van der Waals surface area contributed by atoms with Crippen molar-refractivity contribution in [2.24, 2.45) is 0 Å². The molecule has 0 aromatic carbocycles. The number of nitrogens with zero attached hydrogens (tertiary/aromatic N) is 2. The van der Waals surface area contributed by atoms with Gasteiger partial charge in [-0.15, -0.1) is 0 Å². The van der Waals surface area contributed by atoms with Gasteiger partial charge in [0, 0.05) is 12.6 Å². The summed E-state index contributed by atoms with van der Waals surface area (Å²) in [5, 5.41) is 0.468.